The molecular weight excluding hydrogens is 422 g/mol. The van der Waals surface area contributed by atoms with Crippen molar-refractivity contribution in [1.82, 2.24) is 9.80 Å². The lowest BCUT2D eigenvalue weighted by atomic mass is 10.2. The molecule has 12 heteroatoms. The average molecular weight is 462 g/mol. The van der Waals surface area contributed by atoms with Gasteiger partial charge in [0.2, 0.25) is 0 Å². The average Bonchev–Trinajstić information content (AvgIpc) is 2.75. The molecule has 1 saturated heterocycles. The van der Waals surface area contributed by atoms with E-state index >= 15 is 0 Å². The first kappa shape index (κ1) is 28.4. The van der Waals surface area contributed by atoms with E-state index in [4.69, 9.17) is 34.0 Å². The zero-order chi connectivity index (χ0) is 23.5. The molecular formula is C20H39N5O7. The van der Waals surface area contributed by atoms with E-state index in [0.717, 1.165) is 13.1 Å². The number of carbonyl (C=O) groups excluding carboxylic acids is 1. The van der Waals surface area contributed by atoms with E-state index in [1.807, 2.05) is 20.8 Å². The third-order valence-electron chi connectivity index (χ3n) is 4.18. The van der Waals surface area contributed by atoms with Crippen LogP contribution in [0.15, 0.2) is 5.11 Å². The molecule has 1 amide bonds. The van der Waals surface area contributed by atoms with Gasteiger partial charge in [-0.3, -0.25) is 4.90 Å². The van der Waals surface area contributed by atoms with Gasteiger partial charge in [-0.15, -0.1) is 0 Å². The van der Waals surface area contributed by atoms with Crippen molar-refractivity contribution in [3.05, 3.63) is 10.4 Å². The second-order valence-corrected chi connectivity index (χ2v) is 8.03. The monoisotopic (exact) mass is 461 g/mol. The summed E-state index contributed by atoms with van der Waals surface area (Å²) in [6.45, 7) is 13.6. The SMILES string of the molecule is CC(C)(C)OC(=O)N1CCN(COCCOCCOCCOCCOCCN=[N+]=[N-])CC1. The molecule has 0 saturated carbocycles. The van der Waals surface area contributed by atoms with Crippen LogP contribution in [0.2, 0.25) is 0 Å². The van der Waals surface area contributed by atoms with Crippen molar-refractivity contribution in [2.45, 2.75) is 26.4 Å². The third kappa shape index (κ3) is 16.0. The summed E-state index contributed by atoms with van der Waals surface area (Å²) in [6.07, 6.45) is -0.256. The Morgan fingerprint density at radius 3 is 1.75 bits per heavy atom. The van der Waals surface area contributed by atoms with Crippen LogP contribution in [0.5, 0.6) is 0 Å². The summed E-state index contributed by atoms with van der Waals surface area (Å²) < 4.78 is 32.5. The molecule has 0 bridgehead atoms. The molecule has 1 aliphatic heterocycles. The summed E-state index contributed by atoms with van der Waals surface area (Å²) in [5, 5.41) is 3.37. The Kier molecular flexibility index (Phi) is 15.8. The second-order valence-electron chi connectivity index (χ2n) is 8.03. The van der Waals surface area contributed by atoms with Gasteiger partial charge in [0.1, 0.15) is 5.60 Å². The van der Waals surface area contributed by atoms with Gasteiger partial charge in [0.15, 0.2) is 0 Å². The number of rotatable bonds is 17. The fraction of sp³-hybridized carbons (Fsp3) is 0.950. The Bertz CT molecular complexity index is 533. The van der Waals surface area contributed by atoms with E-state index in [1.54, 1.807) is 4.90 Å². The first-order valence-electron chi connectivity index (χ1n) is 11.0. The van der Waals surface area contributed by atoms with Crippen LogP contribution < -0.4 is 0 Å². The zero-order valence-corrected chi connectivity index (χ0v) is 19.7. The summed E-state index contributed by atoms with van der Waals surface area (Å²) in [5.74, 6) is 0. The van der Waals surface area contributed by atoms with Gasteiger partial charge in [0.25, 0.3) is 0 Å². The van der Waals surface area contributed by atoms with E-state index in [0.29, 0.717) is 85.8 Å². The molecule has 0 N–H and O–H groups in total. The fourth-order valence-electron chi connectivity index (χ4n) is 2.61. The van der Waals surface area contributed by atoms with Crippen molar-refractivity contribution in [2.75, 3.05) is 98.9 Å². The number of hydrogen-bond acceptors (Lipinski definition) is 9. The van der Waals surface area contributed by atoms with E-state index in [9.17, 15) is 4.79 Å². The van der Waals surface area contributed by atoms with Crippen molar-refractivity contribution < 1.29 is 33.2 Å². The molecule has 12 nitrogen and oxygen atoms in total. The molecule has 1 rings (SSSR count). The van der Waals surface area contributed by atoms with Crippen LogP contribution in [0.25, 0.3) is 10.4 Å². The molecule has 1 fully saturated rings. The van der Waals surface area contributed by atoms with Gasteiger partial charge in [0.05, 0.1) is 66.2 Å². The van der Waals surface area contributed by atoms with Crippen molar-refractivity contribution in [3.8, 4) is 0 Å². The van der Waals surface area contributed by atoms with Gasteiger partial charge < -0.3 is 33.3 Å². The Morgan fingerprint density at radius 1 is 0.812 bits per heavy atom. The van der Waals surface area contributed by atoms with Crippen LogP contribution in [0.1, 0.15) is 20.8 Å². The first-order chi connectivity index (χ1) is 15.4. The highest BCUT2D eigenvalue weighted by Crippen LogP contribution is 2.11. The molecule has 0 atom stereocenters. The molecule has 0 aromatic heterocycles. The van der Waals surface area contributed by atoms with Crippen molar-refractivity contribution >= 4 is 6.09 Å². The topological polar surface area (TPSA) is 128 Å². The normalized spacial score (nSPS) is 14.9. The minimum atomic E-state index is -0.470. The molecule has 0 aliphatic carbocycles. The first-order valence-corrected chi connectivity index (χ1v) is 11.0. The van der Waals surface area contributed by atoms with E-state index in [2.05, 4.69) is 14.9 Å². The largest absolute Gasteiger partial charge is 0.444 e. The smallest absolute Gasteiger partial charge is 0.410 e. The number of carbonyl (C=O) groups is 1. The number of amides is 1. The molecule has 0 aromatic rings. The summed E-state index contributed by atoms with van der Waals surface area (Å²) in [7, 11) is 0. The number of azide groups is 1. The van der Waals surface area contributed by atoms with Crippen molar-refractivity contribution in [3.63, 3.8) is 0 Å². The Morgan fingerprint density at radius 2 is 1.28 bits per heavy atom. The van der Waals surface area contributed by atoms with E-state index in [1.165, 1.54) is 0 Å². The van der Waals surface area contributed by atoms with Gasteiger partial charge in [-0.05, 0) is 26.3 Å². The second kappa shape index (κ2) is 17.8. The minimum absolute atomic E-state index is 0.256. The summed E-state index contributed by atoms with van der Waals surface area (Å²) in [4.78, 5) is 18.6. The summed E-state index contributed by atoms with van der Waals surface area (Å²) in [6, 6.07) is 0. The molecule has 0 radical (unpaired) electrons. The minimum Gasteiger partial charge on any atom is -0.444 e. The molecule has 1 heterocycles. The Labute approximate surface area is 190 Å². The molecule has 0 spiro atoms. The maximum absolute atomic E-state index is 12.0. The van der Waals surface area contributed by atoms with Gasteiger partial charge >= 0.3 is 6.09 Å². The zero-order valence-electron chi connectivity index (χ0n) is 19.7. The van der Waals surface area contributed by atoms with Crippen molar-refractivity contribution in [1.29, 1.82) is 0 Å². The standard InChI is InChI=1S/C20H39N5O7/c1-20(2,3)32-19(26)25-7-5-24(6-8-25)18-31-17-16-30-15-14-29-13-12-28-11-10-27-9-4-22-23-21/h4-18H2,1-3H3. The van der Waals surface area contributed by atoms with E-state index < -0.39 is 5.60 Å². The highest BCUT2D eigenvalue weighted by molar-refractivity contribution is 5.68. The van der Waals surface area contributed by atoms with Crippen LogP contribution in [-0.4, -0.2) is 120 Å². The van der Waals surface area contributed by atoms with Gasteiger partial charge in [-0.25, -0.2) is 4.79 Å². The Hall–Kier alpha value is -1.66. The highest BCUT2D eigenvalue weighted by atomic mass is 16.6. The number of piperazine rings is 1. The lowest BCUT2D eigenvalue weighted by Gasteiger charge is -2.35. The summed E-state index contributed by atoms with van der Waals surface area (Å²) in [5.41, 5.74) is 7.64. The highest BCUT2D eigenvalue weighted by Gasteiger charge is 2.25. The van der Waals surface area contributed by atoms with Gasteiger partial charge in [-0.1, -0.05) is 5.11 Å². The predicted octanol–water partition coefficient (Wildman–Crippen LogP) is 1.89. The maximum Gasteiger partial charge on any atom is 0.410 e. The lowest BCUT2D eigenvalue weighted by molar-refractivity contribution is -0.0373. The number of nitrogens with zero attached hydrogens (tertiary/aromatic N) is 5. The lowest BCUT2D eigenvalue weighted by Crippen LogP contribution is -2.50. The molecule has 186 valence electrons. The van der Waals surface area contributed by atoms with Crippen LogP contribution in [-0.2, 0) is 28.4 Å². The van der Waals surface area contributed by atoms with E-state index in [-0.39, 0.29) is 6.09 Å². The number of hydrogen-bond donors (Lipinski definition) is 0. The maximum atomic E-state index is 12.0. The summed E-state index contributed by atoms with van der Waals surface area (Å²) >= 11 is 0. The van der Waals surface area contributed by atoms with Crippen LogP contribution in [0.3, 0.4) is 0 Å². The van der Waals surface area contributed by atoms with Crippen LogP contribution in [0.4, 0.5) is 4.79 Å². The predicted molar refractivity (Wildman–Crippen MR) is 117 cm³/mol. The van der Waals surface area contributed by atoms with Gasteiger partial charge in [-0.2, -0.15) is 0 Å². The van der Waals surface area contributed by atoms with Crippen LogP contribution >= 0.6 is 0 Å². The molecule has 1 aliphatic rings. The fourth-order valence-corrected chi connectivity index (χ4v) is 2.61. The quantitative estimate of drug-likeness (QED) is 0.139. The van der Waals surface area contributed by atoms with Crippen molar-refractivity contribution in [2.24, 2.45) is 5.11 Å². The Balaban J connectivity index is 1.82. The molecule has 0 aromatic carbocycles. The molecule has 32 heavy (non-hydrogen) atoms. The van der Waals surface area contributed by atoms with Crippen LogP contribution in [0, 0.1) is 0 Å². The molecule has 0 unspecified atom stereocenters. The number of ether oxygens (including phenoxy) is 6. The third-order valence-corrected chi connectivity index (χ3v) is 4.18. The van der Waals surface area contributed by atoms with Gasteiger partial charge in [0, 0.05) is 37.6 Å².